The van der Waals surface area contributed by atoms with Crippen LogP contribution in [0.1, 0.15) is 35.6 Å². The first-order chi connectivity index (χ1) is 11.5. The van der Waals surface area contributed by atoms with E-state index in [1.54, 1.807) is 12.1 Å². The van der Waals surface area contributed by atoms with Gasteiger partial charge in [0, 0.05) is 6.04 Å². The van der Waals surface area contributed by atoms with Crippen molar-refractivity contribution in [3.63, 3.8) is 0 Å². The van der Waals surface area contributed by atoms with Gasteiger partial charge < -0.3 is 5.32 Å². The second kappa shape index (κ2) is 7.14. The summed E-state index contributed by atoms with van der Waals surface area (Å²) in [4.78, 5) is 14.4. The summed E-state index contributed by atoms with van der Waals surface area (Å²) in [6, 6.07) is 13.5. The molecule has 3 nitrogen and oxygen atoms in total. The maximum atomic E-state index is 13.9. The molecule has 0 aliphatic heterocycles. The first-order valence-electron chi connectivity index (χ1n) is 8.38. The molecule has 3 rings (SSSR count). The Hall–Kier alpha value is -2.20. The minimum Gasteiger partial charge on any atom is -0.322 e. The molecule has 1 atom stereocenters. The van der Waals surface area contributed by atoms with Crippen LogP contribution >= 0.6 is 0 Å². The summed E-state index contributed by atoms with van der Waals surface area (Å²) < 4.78 is 13.9. The Balaban J connectivity index is 1.67. The molecule has 2 aromatic rings. The lowest BCUT2D eigenvalue weighted by atomic mass is 9.87. The van der Waals surface area contributed by atoms with Crippen LogP contribution < -0.4 is 5.32 Å². The molecule has 0 aromatic heterocycles. The number of rotatable bonds is 4. The van der Waals surface area contributed by atoms with Crippen LogP contribution in [0.15, 0.2) is 42.5 Å². The van der Waals surface area contributed by atoms with Crippen molar-refractivity contribution in [1.82, 2.24) is 4.90 Å². The highest BCUT2D eigenvalue weighted by atomic mass is 19.1. The topological polar surface area (TPSA) is 32.3 Å². The highest BCUT2D eigenvalue weighted by molar-refractivity contribution is 5.92. The van der Waals surface area contributed by atoms with Crippen molar-refractivity contribution in [1.29, 1.82) is 0 Å². The fraction of sp³-hybridized carbons (Fsp3) is 0.350. The third-order valence-corrected chi connectivity index (χ3v) is 4.66. The van der Waals surface area contributed by atoms with E-state index in [9.17, 15) is 9.18 Å². The second-order valence-electron chi connectivity index (χ2n) is 6.55. The van der Waals surface area contributed by atoms with Crippen LogP contribution in [-0.2, 0) is 11.2 Å². The van der Waals surface area contributed by atoms with Crippen molar-refractivity contribution < 1.29 is 9.18 Å². The molecule has 126 valence electrons. The van der Waals surface area contributed by atoms with Crippen molar-refractivity contribution >= 4 is 11.6 Å². The smallest absolute Gasteiger partial charge is 0.238 e. The minimum atomic E-state index is -0.394. The third kappa shape index (κ3) is 3.65. The summed E-state index contributed by atoms with van der Waals surface area (Å²) in [5.74, 6) is -0.586. The molecule has 1 N–H and O–H groups in total. The van der Waals surface area contributed by atoms with Crippen LogP contribution in [0.25, 0.3) is 0 Å². The molecule has 0 radical (unpaired) electrons. The van der Waals surface area contributed by atoms with Crippen LogP contribution in [-0.4, -0.2) is 24.4 Å². The average molecular weight is 326 g/mol. The predicted molar refractivity (Wildman–Crippen MR) is 94.5 cm³/mol. The zero-order valence-corrected chi connectivity index (χ0v) is 14.2. The number of carbonyl (C=O) groups excluding carboxylic acids is 1. The predicted octanol–water partition coefficient (Wildman–Crippen LogP) is 4.08. The SMILES string of the molecule is Cc1ccc(NC(=O)CN(C)[C@@H]2CCCc3ccccc32)c(F)c1. The molecule has 2 aromatic carbocycles. The van der Waals surface area contributed by atoms with Crippen molar-refractivity contribution in [2.45, 2.75) is 32.2 Å². The van der Waals surface area contributed by atoms with Gasteiger partial charge in [-0.05, 0) is 62.1 Å². The summed E-state index contributed by atoms with van der Waals surface area (Å²) in [6.45, 7) is 2.06. The molecule has 1 aliphatic rings. The highest BCUT2D eigenvalue weighted by Crippen LogP contribution is 2.33. The molecule has 0 spiro atoms. The number of nitrogens with one attached hydrogen (secondary N) is 1. The normalized spacial score (nSPS) is 16.8. The fourth-order valence-corrected chi connectivity index (χ4v) is 3.43. The van der Waals surface area contributed by atoms with Gasteiger partial charge in [-0.2, -0.15) is 0 Å². The van der Waals surface area contributed by atoms with Crippen LogP contribution in [0.2, 0.25) is 0 Å². The number of likely N-dealkylation sites (N-methyl/N-ethyl adjacent to an activating group) is 1. The Labute approximate surface area is 142 Å². The quantitative estimate of drug-likeness (QED) is 0.918. The lowest BCUT2D eigenvalue weighted by molar-refractivity contribution is -0.117. The number of fused-ring (bicyclic) bond motifs is 1. The summed E-state index contributed by atoms with van der Waals surface area (Å²) in [5, 5.41) is 2.68. The van der Waals surface area contributed by atoms with Gasteiger partial charge in [-0.25, -0.2) is 4.39 Å². The lowest BCUT2D eigenvalue weighted by Gasteiger charge is -2.32. The summed E-state index contributed by atoms with van der Waals surface area (Å²) in [5.41, 5.74) is 3.75. The number of anilines is 1. The zero-order chi connectivity index (χ0) is 17.1. The number of halogens is 1. The second-order valence-corrected chi connectivity index (χ2v) is 6.55. The Morgan fingerprint density at radius 2 is 2.08 bits per heavy atom. The molecule has 24 heavy (non-hydrogen) atoms. The molecule has 0 fully saturated rings. The first-order valence-corrected chi connectivity index (χ1v) is 8.38. The van der Waals surface area contributed by atoms with Gasteiger partial charge in [0.25, 0.3) is 0 Å². The molecule has 0 saturated heterocycles. The fourth-order valence-electron chi connectivity index (χ4n) is 3.43. The van der Waals surface area contributed by atoms with Gasteiger partial charge in [0.05, 0.1) is 12.2 Å². The molecule has 0 unspecified atom stereocenters. The average Bonchev–Trinajstić information content (AvgIpc) is 2.57. The summed E-state index contributed by atoms with van der Waals surface area (Å²) >= 11 is 0. The first kappa shape index (κ1) is 16.7. The number of hydrogen-bond donors (Lipinski definition) is 1. The van der Waals surface area contributed by atoms with Crippen molar-refractivity contribution in [2.75, 3.05) is 18.9 Å². The maximum Gasteiger partial charge on any atom is 0.238 e. The van der Waals surface area contributed by atoms with E-state index in [0.717, 1.165) is 24.8 Å². The van der Waals surface area contributed by atoms with Crippen molar-refractivity contribution in [3.05, 3.63) is 65.0 Å². The molecule has 0 saturated carbocycles. The number of hydrogen-bond acceptors (Lipinski definition) is 2. The molecular weight excluding hydrogens is 303 g/mol. The number of benzene rings is 2. The highest BCUT2D eigenvalue weighted by Gasteiger charge is 2.24. The van der Waals surface area contributed by atoms with Gasteiger partial charge in [-0.15, -0.1) is 0 Å². The van der Waals surface area contributed by atoms with E-state index in [1.165, 1.54) is 17.2 Å². The third-order valence-electron chi connectivity index (χ3n) is 4.66. The standard InChI is InChI=1S/C20H23FN2O/c1-14-10-11-18(17(21)12-14)22-20(24)13-23(2)19-9-5-7-15-6-3-4-8-16(15)19/h3-4,6,8,10-12,19H,5,7,9,13H2,1-2H3,(H,22,24)/t19-/m1/s1. The molecule has 1 amide bonds. The number of carbonyl (C=O) groups is 1. The van der Waals surface area contributed by atoms with E-state index in [0.29, 0.717) is 0 Å². The van der Waals surface area contributed by atoms with Gasteiger partial charge in [0.2, 0.25) is 5.91 Å². The van der Waals surface area contributed by atoms with Gasteiger partial charge in [-0.3, -0.25) is 9.69 Å². The van der Waals surface area contributed by atoms with Gasteiger partial charge >= 0.3 is 0 Å². The van der Waals surface area contributed by atoms with Crippen molar-refractivity contribution in [3.8, 4) is 0 Å². The molecule has 0 bridgehead atoms. The summed E-state index contributed by atoms with van der Waals surface area (Å²) in [6.07, 6.45) is 3.27. The van der Waals surface area contributed by atoms with E-state index >= 15 is 0 Å². The van der Waals surface area contributed by atoms with Gasteiger partial charge in [0.15, 0.2) is 0 Å². The minimum absolute atomic E-state index is 0.191. The van der Waals surface area contributed by atoms with E-state index in [4.69, 9.17) is 0 Å². The lowest BCUT2D eigenvalue weighted by Crippen LogP contribution is -2.35. The van der Waals surface area contributed by atoms with E-state index in [2.05, 4.69) is 28.4 Å². The monoisotopic (exact) mass is 326 g/mol. The zero-order valence-electron chi connectivity index (χ0n) is 14.2. The van der Waals surface area contributed by atoms with E-state index < -0.39 is 5.82 Å². The Morgan fingerprint density at radius 1 is 1.29 bits per heavy atom. The van der Waals surface area contributed by atoms with Crippen LogP contribution in [0.5, 0.6) is 0 Å². The molecule has 1 aliphatic carbocycles. The Kier molecular flexibility index (Phi) is 4.95. The van der Waals surface area contributed by atoms with Gasteiger partial charge in [-0.1, -0.05) is 30.3 Å². The largest absolute Gasteiger partial charge is 0.322 e. The molecule has 4 heteroatoms. The number of nitrogens with zero attached hydrogens (tertiary/aromatic N) is 1. The van der Waals surface area contributed by atoms with E-state index in [1.807, 2.05) is 20.0 Å². The van der Waals surface area contributed by atoms with Crippen LogP contribution in [0.3, 0.4) is 0 Å². The Morgan fingerprint density at radius 3 is 2.88 bits per heavy atom. The number of aryl methyl sites for hydroxylation is 2. The summed E-state index contributed by atoms with van der Waals surface area (Å²) in [7, 11) is 1.96. The molecule has 0 heterocycles. The van der Waals surface area contributed by atoms with Crippen molar-refractivity contribution in [2.24, 2.45) is 0 Å². The van der Waals surface area contributed by atoms with Crippen LogP contribution in [0, 0.1) is 12.7 Å². The van der Waals surface area contributed by atoms with Gasteiger partial charge in [0.1, 0.15) is 5.82 Å². The van der Waals surface area contributed by atoms with E-state index in [-0.39, 0.29) is 24.2 Å². The Bertz CT molecular complexity index is 744. The van der Waals surface area contributed by atoms with Crippen LogP contribution in [0.4, 0.5) is 10.1 Å². The molecular formula is C20H23FN2O. The number of amides is 1. The maximum absolute atomic E-state index is 13.9.